The van der Waals surface area contributed by atoms with Crippen LogP contribution >= 0.6 is 0 Å². The first-order valence-electron chi connectivity index (χ1n) is 9.12. The van der Waals surface area contributed by atoms with Gasteiger partial charge >= 0.3 is 0 Å². The van der Waals surface area contributed by atoms with Gasteiger partial charge in [-0.25, -0.2) is 0 Å². The molecule has 0 saturated heterocycles. The van der Waals surface area contributed by atoms with Crippen LogP contribution in [0.1, 0.15) is 64.0 Å². The lowest BCUT2D eigenvalue weighted by Crippen LogP contribution is -2.36. The minimum absolute atomic E-state index is 0.153. The number of allylic oxidation sites excluding steroid dienone is 4. The van der Waals surface area contributed by atoms with Crippen LogP contribution in [0.5, 0.6) is 11.5 Å². The lowest BCUT2D eigenvalue weighted by atomic mass is 9.87. The number of hydrogen-bond donors (Lipinski definition) is 1. The Kier molecular flexibility index (Phi) is 6.46. The van der Waals surface area contributed by atoms with Gasteiger partial charge in [-0.3, -0.25) is 4.79 Å². The number of fused-ring (bicyclic) bond motifs is 1. The molecule has 0 fully saturated rings. The van der Waals surface area contributed by atoms with Gasteiger partial charge in [0.1, 0.15) is 23.4 Å². The first-order valence-corrected chi connectivity index (χ1v) is 9.12. The van der Waals surface area contributed by atoms with E-state index in [4.69, 9.17) is 4.74 Å². The van der Waals surface area contributed by atoms with Gasteiger partial charge in [-0.2, -0.15) is 0 Å². The molecule has 1 aliphatic heterocycles. The van der Waals surface area contributed by atoms with Crippen molar-refractivity contribution < 1.29 is 14.6 Å². The predicted molar refractivity (Wildman–Crippen MR) is 102 cm³/mol. The third-order valence-corrected chi connectivity index (χ3v) is 4.96. The van der Waals surface area contributed by atoms with Crippen molar-refractivity contribution >= 4 is 6.29 Å². The maximum atomic E-state index is 10.6. The summed E-state index contributed by atoms with van der Waals surface area (Å²) in [6, 6.07) is 3.59. The number of rotatable bonds is 7. The predicted octanol–water partition coefficient (Wildman–Crippen LogP) is 5.44. The number of benzene rings is 1. The average Bonchev–Trinajstić information content (AvgIpc) is 2.55. The quantitative estimate of drug-likeness (QED) is 0.408. The van der Waals surface area contributed by atoms with Gasteiger partial charge in [0.25, 0.3) is 0 Å². The molecule has 1 aromatic rings. The topological polar surface area (TPSA) is 46.5 Å². The molecule has 0 bridgehead atoms. The van der Waals surface area contributed by atoms with Crippen molar-refractivity contribution in [3.63, 3.8) is 0 Å². The molecule has 1 aromatic carbocycles. The van der Waals surface area contributed by atoms with Gasteiger partial charge in [-0.1, -0.05) is 17.7 Å². The van der Waals surface area contributed by atoms with Crippen molar-refractivity contribution in [1.29, 1.82) is 0 Å². The van der Waals surface area contributed by atoms with Crippen molar-refractivity contribution in [3.8, 4) is 11.5 Å². The average molecular weight is 342 g/mol. The molecule has 1 atom stereocenters. The van der Waals surface area contributed by atoms with Crippen LogP contribution in [0.4, 0.5) is 0 Å². The maximum Gasteiger partial charge on any atom is 0.145 e. The summed E-state index contributed by atoms with van der Waals surface area (Å²) < 4.78 is 6.33. The monoisotopic (exact) mass is 342 g/mol. The molecule has 1 unspecified atom stereocenters. The van der Waals surface area contributed by atoms with Gasteiger partial charge in [0.2, 0.25) is 0 Å². The molecule has 1 heterocycles. The summed E-state index contributed by atoms with van der Waals surface area (Å²) in [5, 5.41) is 9.74. The molecule has 25 heavy (non-hydrogen) atoms. The number of aldehydes is 1. The Bertz CT molecular complexity index is 685. The van der Waals surface area contributed by atoms with Crippen molar-refractivity contribution in [2.75, 3.05) is 0 Å². The minimum atomic E-state index is -0.153. The Morgan fingerprint density at radius 1 is 1.28 bits per heavy atom. The highest BCUT2D eigenvalue weighted by Crippen LogP contribution is 2.39. The van der Waals surface area contributed by atoms with Crippen molar-refractivity contribution in [1.82, 2.24) is 0 Å². The number of aromatic hydroxyl groups is 1. The Balaban J connectivity index is 1.90. The number of carbonyl (C=O) groups excluding carboxylic acids is 1. The molecule has 3 nitrogen and oxygen atoms in total. The summed E-state index contributed by atoms with van der Waals surface area (Å²) in [6.45, 7) is 8.16. The van der Waals surface area contributed by atoms with Gasteiger partial charge in [-0.05, 0) is 95.1 Å². The van der Waals surface area contributed by atoms with Gasteiger partial charge in [0, 0.05) is 0 Å². The zero-order valence-electron chi connectivity index (χ0n) is 15.9. The third kappa shape index (κ3) is 5.48. The Morgan fingerprint density at radius 3 is 2.76 bits per heavy atom. The van der Waals surface area contributed by atoms with Crippen LogP contribution in [-0.4, -0.2) is 17.0 Å². The van der Waals surface area contributed by atoms with E-state index in [1.165, 1.54) is 5.57 Å². The standard InChI is InChI=1S/C22H30O3/c1-16(7-5-8-17(2)15-23)9-6-11-22(4)12-10-19-14-20(24)13-18(3)21(19)25-22/h8-9,13-15,24H,5-7,10-12H2,1-4H3. The smallest absolute Gasteiger partial charge is 0.145 e. The normalized spacial score (nSPS) is 20.8. The second-order valence-corrected chi connectivity index (χ2v) is 7.50. The van der Waals surface area contributed by atoms with Crippen molar-refractivity contribution in [3.05, 3.63) is 46.6 Å². The molecule has 0 aromatic heterocycles. The molecule has 1 aliphatic rings. The molecular formula is C22H30O3. The fourth-order valence-corrected chi connectivity index (χ4v) is 3.33. The van der Waals surface area contributed by atoms with Crippen LogP contribution in [-0.2, 0) is 11.2 Å². The van der Waals surface area contributed by atoms with Gasteiger partial charge in [-0.15, -0.1) is 0 Å². The third-order valence-electron chi connectivity index (χ3n) is 4.96. The number of ether oxygens (including phenoxy) is 1. The van der Waals surface area contributed by atoms with E-state index >= 15 is 0 Å². The fourth-order valence-electron chi connectivity index (χ4n) is 3.33. The Hall–Kier alpha value is -2.03. The number of aryl methyl sites for hydroxylation is 2. The first-order chi connectivity index (χ1) is 11.8. The van der Waals surface area contributed by atoms with Crippen LogP contribution in [0.2, 0.25) is 0 Å². The molecule has 1 N–H and O–H groups in total. The lowest BCUT2D eigenvalue weighted by Gasteiger charge is -2.36. The Labute approximate surface area is 151 Å². The van der Waals surface area contributed by atoms with E-state index in [-0.39, 0.29) is 5.60 Å². The fraction of sp³-hybridized carbons (Fsp3) is 0.500. The molecule has 0 aliphatic carbocycles. The molecule has 3 heteroatoms. The molecule has 0 saturated carbocycles. The van der Waals surface area contributed by atoms with Crippen LogP contribution in [0.15, 0.2) is 35.4 Å². The second-order valence-electron chi connectivity index (χ2n) is 7.50. The summed E-state index contributed by atoms with van der Waals surface area (Å²) in [5.41, 5.74) is 4.12. The van der Waals surface area contributed by atoms with E-state index in [0.717, 1.165) is 67.3 Å². The van der Waals surface area contributed by atoms with E-state index in [9.17, 15) is 9.90 Å². The Morgan fingerprint density at radius 2 is 2.04 bits per heavy atom. The summed E-state index contributed by atoms with van der Waals surface area (Å²) in [7, 11) is 0. The highest BCUT2D eigenvalue weighted by Gasteiger charge is 2.31. The first kappa shape index (κ1) is 19.3. The zero-order chi connectivity index (χ0) is 18.4. The van der Waals surface area contributed by atoms with Gasteiger partial charge in [0.05, 0.1) is 0 Å². The molecule has 0 amide bonds. The van der Waals surface area contributed by atoms with Crippen LogP contribution < -0.4 is 4.74 Å². The molecule has 2 rings (SSSR count). The summed E-state index contributed by atoms with van der Waals surface area (Å²) in [5.74, 6) is 1.27. The number of phenols is 1. The van der Waals surface area contributed by atoms with E-state index in [2.05, 4.69) is 19.9 Å². The summed E-state index contributed by atoms with van der Waals surface area (Å²) in [4.78, 5) is 10.6. The maximum absolute atomic E-state index is 10.6. The van der Waals surface area contributed by atoms with Crippen LogP contribution in [0, 0.1) is 6.92 Å². The number of carbonyl (C=O) groups is 1. The summed E-state index contributed by atoms with van der Waals surface area (Å²) in [6.07, 6.45) is 11.0. The summed E-state index contributed by atoms with van der Waals surface area (Å²) >= 11 is 0. The highest BCUT2D eigenvalue weighted by molar-refractivity contribution is 5.71. The minimum Gasteiger partial charge on any atom is -0.508 e. The molecular weight excluding hydrogens is 312 g/mol. The SMILES string of the molecule is CC(C=O)=CCCC(C)=CCCC1(C)CCc2cc(O)cc(C)c2O1. The van der Waals surface area contributed by atoms with E-state index in [0.29, 0.717) is 5.75 Å². The van der Waals surface area contributed by atoms with E-state index in [1.54, 1.807) is 6.07 Å². The molecule has 0 spiro atoms. The van der Waals surface area contributed by atoms with E-state index < -0.39 is 0 Å². The molecule has 0 radical (unpaired) electrons. The van der Waals surface area contributed by atoms with E-state index in [1.807, 2.05) is 26.0 Å². The highest BCUT2D eigenvalue weighted by atomic mass is 16.5. The van der Waals surface area contributed by atoms with Crippen molar-refractivity contribution in [2.45, 2.75) is 71.8 Å². The number of phenolic OH excluding ortho intramolecular Hbond substituents is 1. The van der Waals surface area contributed by atoms with Crippen LogP contribution in [0.3, 0.4) is 0 Å². The zero-order valence-corrected chi connectivity index (χ0v) is 15.9. The lowest BCUT2D eigenvalue weighted by molar-refractivity contribution is -0.104. The largest absolute Gasteiger partial charge is 0.508 e. The number of hydrogen-bond acceptors (Lipinski definition) is 3. The van der Waals surface area contributed by atoms with Gasteiger partial charge in [0.15, 0.2) is 0 Å². The van der Waals surface area contributed by atoms with Crippen LogP contribution in [0.25, 0.3) is 0 Å². The van der Waals surface area contributed by atoms with Gasteiger partial charge < -0.3 is 9.84 Å². The van der Waals surface area contributed by atoms with Crippen molar-refractivity contribution in [2.24, 2.45) is 0 Å². The molecule has 136 valence electrons. The second kappa shape index (κ2) is 8.37.